The fourth-order valence-electron chi connectivity index (χ4n) is 3.50. The molecule has 132 valence electrons. The molecule has 0 saturated carbocycles. The third kappa shape index (κ3) is 3.03. The number of rotatable bonds is 5. The Hall–Kier alpha value is -3.30. The monoisotopic (exact) mass is 354 g/mol. The molecule has 0 unspecified atom stereocenters. The molecule has 4 rings (SSSR count). The van der Waals surface area contributed by atoms with Gasteiger partial charge in [0.2, 0.25) is 0 Å². The summed E-state index contributed by atoms with van der Waals surface area (Å²) < 4.78 is 5.38. The number of carbonyl (C=O) groups excluding carboxylic acids is 2. The van der Waals surface area contributed by atoms with Crippen LogP contribution in [-0.4, -0.2) is 24.8 Å². The highest BCUT2D eigenvalue weighted by Crippen LogP contribution is 2.24. The van der Waals surface area contributed by atoms with Gasteiger partial charge < -0.3 is 4.74 Å². The number of fused-ring (bicyclic) bond motifs is 2. The number of hydrogen-bond donors (Lipinski definition) is 0. The minimum Gasteiger partial charge on any atom is -0.365 e. The van der Waals surface area contributed by atoms with Gasteiger partial charge in [-0.2, -0.15) is 0 Å². The maximum absolute atomic E-state index is 13.2. The molecule has 0 aliphatic rings. The van der Waals surface area contributed by atoms with E-state index in [2.05, 4.69) is 0 Å². The molecule has 27 heavy (non-hydrogen) atoms. The van der Waals surface area contributed by atoms with E-state index in [1.165, 1.54) is 7.11 Å². The van der Waals surface area contributed by atoms with Crippen molar-refractivity contribution in [1.82, 2.24) is 0 Å². The van der Waals surface area contributed by atoms with Crippen molar-refractivity contribution in [3.05, 3.63) is 96.1 Å². The summed E-state index contributed by atoms with van der Waals surface area (Å²) in [5.74, 6) is -0.653. The molecule has 0 spiro atoms. The largest absolute Gasteiger partial charge is 0.365 e. The molecule has 0 amide bonds. The number of carbonyl (C=O) groups is 2. The number of Topliss-reactive ketones (excluding diaryl/α,β-unsaturated/α-hetero) is 2. The second kappa shape index (κ2) is 7.14. The van der Waals surface area contributed by atoms with Crippen molar-refractivity contribution >= 4 is 33.1 Å². The fourth-order valence-corrected chi connectivity index (χ4v) is 3.50. The smallest absolute Gasteiger partial charge is 0.200 e. The highest BCUT2D eigenvalue weighted by atomic mass is 16.5. The van der Waals surface area contributed by atoms with Gasteiger partial charge in [-0.05, 0) is 21.5 Å². The van der Waals surface area contributed by atoms with Crippen LogP contribution in [0.1, 0.15) is 20.7 Å². The van der Waals surface area contributed by atoms with E-state index in [4.69, 9.17) is 4.74 Å². The maximum Gasteiger partial charge on any atom is 0.200 e. The summed E-state index contributed by atoms with van der Waals surface area (Å²) in [4.78, 5) is 26.4. The average molecular weight is 354 g/mol. The van der Waals surface area contributed by atoms with Gasteiger partial charge in [-0.15, -0.1) is 0 Å². The molecule has 0 radical (unpaired) electrons. The van der Waals surface area contributed by atoms with Gasteiger partial charge >= 0.3 is 0 Å². The normalized spacial score (nSPS) is 11.2. The summed E-state index contributed by atoms with van der Waals surface area (Å²) in [5, 5.41) is 3.54. The first-order valence-electron chi connectivity index (χ1n) is 8.77. The van der Waals surface area contributed by atoms with Crippen LogP contribution < -0.4 is 0 Å². The molecular weight excluding hydrogens is 336 g/mol. The second-order valence-corrected chi connectivity index (χ2v) is 6.40. The Bertz CT molecular complexity index is 1060. The zero-order valence-electron chi connectivity index (χ0n) is 14.9. The lowest BCUT2D eigenvalue weighted by Crippen LogP contribution is -2.32. The predicted octanol–water partition coefficient (Wildman–Crippen LogP) is 5.07. The second-order valence-electron chi connectivity index (χ2n) is 6.40. The number of ether oxygens (including phenoxy) is 1. The molecule has 0 atom stereocenters. The van der Waals surface area contributed by atoms with Gasteiger partial charge in [-0.1, -0.05) is 84.9 Å². The van der Waals surface area contributed by atoms with Crippen LogP contribution in [0, 0.1) is 0 Å². The van der Waals surface area contributed by atoms with E-state index in [0.29, 0.717) is 11.1 Å². The Morgan fingerprint density at radius 2 is 1.04 bits per heavy atom. The third-order valence-electron chi connectivity index (χ3n) is 4.82. The topological polar surface area (TPSA) is 43.4 Å². The quantitative estimate of drug-likeness (QED) is 0.371. The number of ketones is 2. The van der Waals surface area contributed by atoms with E-state index in [0.717, 1.165) is 21.5 Å². The zero-order valence-corrected chi connectivity index (χ0v) is 14.9. The van der Waals surface area contributed by atoms with Crippen LogP contribution in [0.5, 0.6) is 0 Å². The lowest BCUT2D eigenvalue weighted by molar-refractivity contribution is 0.0515. The molecule has 0 N–H and O–H groups in total. The SMILES string of the molecule is COC(C(=O)c1cccc2ccccc12)C(=O)c1cccc2ccccc12. The van der Waals surface area contributed by atoms with Crippen molar-refractivity contribution in [3.8, 4) is 0 Å². The van der Waals surface area contributed by atoms with E-state index < -0.39 is 6.10 Å². The van der Waals surface area contributed by atoms with Gasteiger partial charge in [0, 0.05) is 18.2 Å². The van der Waals surface area contributed by atoms with Crippen LogP contribution in [0.25, 0.3) is 21.5 Å². The first-order chi connectivity index (χ1) is 13.2. The Kier molecular flexibility index (Phi) is 4.53. The van der Waals surface area contributed by atoms with Crippen molar-refractivity contribution in [1.29, 1.82) is 0 Å². The number of benzene rings is 4. The Morgan fingerprint density at radius 3 is 1.48 bits per heavy atom. The summed E-state index contributed by atoms with van der Waals surface area (Å²) >= 11 is 0. The summed E-state index contributed by atoms with van der Waals surface area (Å²) in [5.41, 5.74) is 0.988. The predicted molar refractivity (Wildman–Crippen MR) is 107 cm³/mol. The Morgan fingerprint density at radius 1 is 0.630 bits per heavy atom. The molecule has 0 aromatic heterocycles. The van der Waals surface area contributed by atoms with E-state index in [9.17, 15) is 9.59 Å². The van der Waals surface area contributed by atoms with Crippen LogP contribution in [0.3, 0.4) is 0 Å². The van der Waals surface area contributed by atoms with Crippen LogP contribution in [0.2, 0.25) is 0 Å². The summed E-state index contributed by atoms with van der Waals surface area (Å²) in [6.07, 6.45) is -1.18. The lowest BCUT2D eigenvalue weighted by Gasteiger charge is -2.16. The molecular formula is C24H18O3. The van der Waals surface area contributed by atoms with Gasteiger partial charge in [0.05, 0.1) is 0 Å². The van der Waals surface area contributed by atoms with E-state index in [1.54, 1.807) is 12.1 Å². The minimum atomic E-state index is -1.18. The van der Waals surface area contributed by atoms with Crippen molar-refractivity contribution in [3.63, 3.8) is 0 Å². The van der Waals surface area contributed by atoms with Gasteiger partial charge in [0.15, 0.2) is 17.7 Å². The standard InChI is InChI=1S/C24H18O3/c1-27-24(22(25)20-14-6-10-16-8-2-4-12-18(16)20)23(26)21-15-7-11-17-9-3-5-13-19(17)21/h2-15,24H,1H3. The van der Waals surface area contributed by atoms with E-state index in [-0.39, 0.29) is 11.6 Å². The summed E-state index contributed by atoms with van der Waals surface area (Å²) in [6, 6.07) is 26.3. The van der Waals surface area contributed by atoms with Crippen LogP contribution in [-0.2, 0) is 4.74 Å². The molecule has 0 saturated heterocycles. The molecule has 0 heterocycles. The first kappa shape index (κ1) is 17.1. The Labute approximate surface area is 157 Å². The van der Waals surface area contributed by atoms with Crippen LogP contribution in [0.4, 0.5) is 0 Å². The first-order valence-corrected chi connectivity index (χ1v) is 8.77. The molecule has 0 aliphatic heterocycles. The van der Waals surface area contributed by atoms with Gasteiger partial charge in [-0.3, -0.25) is 9.59 Å². The molecule has 4 aromatic rings. The molecule has 4 aromatic carbocycles. The van der Waals surface area contributed by atoms with Crippen molar-refractivity contribution in [2.24, 2.45) is 0 Å². The molecule has 0 fully saturated rings. The highest BCUT2D eigenvalue weighted by molar-refractivity contribution is 6.24. The molecule has 3 heteroatoms. The number of methoxy groups -OCH3 is 1. The lowest BCUT2D eigenvalue weighted by atomic mass is 9.92. The maximum atomic E-state index is 13.2. The minimum absolute atomic E-state index is 0.327. The summed E-state index contributed by atoms with van der Waals surface area (Å²) in [7, 11) is 1.40. The Balaban J connectivity index is 1.79. The van der Waals surface area contributed by atoms with Gasteiger partial charge in [-0.25, -0.2) is 0 Å². The van der Waals surface area contributed by atoms with Crippen molar-refractivity contribution in [2.75, 3.05) is 7.11 Å². The summed E-state index contributed by atoms with van der Waals surface area (Å²) in [6.45, 7) is 0. The van der Waals surface area contributed by atoms with Crippen LogP contribution in [0.15, 0.2) is 84.9 Å². The van der Waals surface area contributed by atoms with Crippen molar-refractivity contribution in [2.45, 2.75) is 6.10 Å². The van der Waals surface area contributed by atoms with Crippen molar-refractivity contribution < 1.29 is 14.3 Å². The van der Waals surface area contributed by atoms with Crippen LogP contribution >= 0.6 is 0 Å². The number of hydrogen-bond acceptors (Lipinski definition) is 3. The van der Waals surface area contributed by atoms with E-state index >= 15 is 0 Å². The molecule has 0 bridgehead atoms. The molecule has 0 aliphatic carbocycles. The zero-order chi connectivity index (χ0) is 18.8. The molecule has 3 nitrogen and oxygen atoms in total. The highest BCUT2D eigenvalue weighted by Gasteiger charge is 2.30. The van der Waals surface area contributed by atoms with E-state index in [1.807, 2.05) is 72.8 Å². The fraction of sp³-hybridized carbons (Fsp3) is 0.0833. The third-order valence-corrected chi connectivity index (χ3v) is 4.82. The van der Waals surface area contributed by atoms with Gasteiger partial charge in [0.1, 0.15) is 0 Å². The average Bonchev–Trinajstić information content (AvgIpc) is 2.73. The van der Waals surface area contributed by atoms with Gasteiger partial charge in [0.25, 0.3) is 0 Å².